The van der Waals surface area contributed by atoms with Crippen LogP contribution in [0.3, 0.4) is 0 Å². The predicted molar refractivity (Wildman–Crippen MR) is 107 cm³/mol. The lowest BCUT2D eigenvalue weighted by molar-refractivity contribution is -0.384. The van der Waals surface area contributed by atoms with Crippen LogP contribution in [0.2, 0.25) is 0 Å². The molecule has 28 heavy (non-hydrogen) atoms. The quantitative estimate of drug-likeness (QED) is 0.539. The zero-order chi connectivity index (χ0) is 20.4. The molecule has 0 saturated carbocycles. The number of nitro benzene ring substituents is 1. The topological polar surface area (TPSA) is 107 Å². The van der Waals surface area contributed by atoms with Gasteiger partial charge >= 0.3 is 0 Å². The van der Waals surface area contributed by atoms with Crippen LogP contribution in [0, 0.1) is 17.0 Å². The summed E-state index contributed by atoms with van der Waals surface area (Å²) in [4.78, 5) is 39.6. The van der Waals surface area contributed by atoms with Gasteiger partial charge in [-0.15, -0.1) is 0 Å². The van der Waals surface area contributed by atoms with E-state index in [2.05, 4.69) is 10.3 Å². The van der Waals surface area contributed by atoms with Crippen LogP contribution in [0.1, 0.15) is 30.9 Å². The van der Waals surface area contributed by atoms with Gasteiger partial charge in [0.25, 0.3) is 11.2 Å². The Morgan fingerprint density at radius 3 is 2.71 bits per heavy atom. The van der Waals surface area contributed by atoms with E-state index in [-0.39, 0.29) is 35.0 Å². The maximum atomic E-state index is 12.6. The summed E-state index contributed by atoms with van der Waals surface area (Å²) in [5.74, 6) is -0.114. The highest BCUT2D eigenvalue weighted by Crippen LogP contribution is 2.27. The zero-order valence-electron chi connectivity index (χ0n) is 15.8. The highest BCUT2D eigenvalue weighted by Gasteiger charge is 2.15. The molecule has 0 saturated heterocycles. The van der Waals surface area contributed by atoms with Gasteiger partial charge in [-0.2, -0.15) is 0 Å². The van der Waals surface area contributed by atoms with Gasteiger partial charge in [0.15, 0.2) is 0 Å². The Kier molecular flexibility index (Phi) is 5.21. The first-order chi connectivity index (χ1) is 13.3. The number of non-ortho nitro benzene ring substituents is 1. The lowest BCUT2D eigenvalue weighted by Gasteiger charge is -2.16. The van der Waals surface area contributed by atoms with E-state index in [0.717, 1.165) is 16.8 Å². The van der Waals surface area contributed by atoms with E-state index in [1.807, 2.05) is 39.0 Å². The van der Waals surface area contributed by atoms with Crippen molar-refractivity contribution in [3.05, 3.63) is 74.3 Å². The number of aromatic nitrogens is 2. The van der Waals surface area contributed by atoms with Gasteiger partial charge in [0.05, 0.1) is 22.2 Å². The predicted octanol–water partition coefficient (Wildman–Crippen LogP) is 3.38. The van der Waals surface area contributed by atoms with Crippen LogP contribution in [0.25, 0.3) is 10.9 Å². The van der Waals surface area contributed by atoms with Crippen molar-refractivity contribution in [3.63, 3.8) is 0 Å². The minimum absolute atomic E-state index is 0.143. The van der Waals surface area contributed by atoms with Gasteiger partial charge in [0.1, 0.15) is 6.54 Å². The minimum atomic E-state index is -0.547. The molecule has 0 spiro atoms. The van der Waals surface area contributed by atoms with Crippen LogP contribution in [-0.4, -0.2) is 20.4 Å². The first-order valence-electron chi connectivity index (χ1n) is 8.81. The second-order valence-corrected chi connectivity index (χ2v) is 6.88. The fourth-order valence-electron chi connectivity index (χ4n) is 3.05. The first kappa shape index (κ1) is 19.2. The Morgan fingerprint density at radius 1 is 1.29 bits per heavy atom. The van der Waals surface area contributed by atoms with Crippen LogP contribution in [0.15, 0.2) is 47.5 Å². The van der Waals surface area contributed by atoms with Gasteiger partial charge in [-0.3, -0.25) is 24.3 Å². The van der Waals surface area contributed by atoms with Crippen LogP contribution in [0.4, 0.5) is 11.4 Å². The molecule has 2 aromatic carbocycles. The number of anilines is 1. The molecule has 1 heterocycles. The third-order valence-corrected chi connectivity index (χ3v) is 4.53. The summed E-state index contributed by atoms with van der Waals surface area (Å²) in [7, 11) is 0. The van der Waals surface area contributed by atoms with Crippen LogP contribution < -0.4 is 10.9 Å². The maximum absolute atomic E-state index is 12.6. The number of hydrogen-bond acceptors (Lipinski definition) is 5. The molecular formula is C20H20N4O4. The number of nitrogens with zero attached hydrogens (tertiary/aromatic N) is 3. The van der Waals surface area contributed by atoms with Gasteiger partial charge in [0.2, 0.25) is 5.91 Å². The van der Waals surface area contributed by atoms with E-state index >= 15 is 0 Å². The number of benzene rings is 2. The summed E-state index contributed by atoms with van der Waals surface area (Å²) in [6.45, 7) is 5.80. The maximum Gasteiger partial charge on any atom is 0.271 e. The lowest BCUT2D eigenvalue weighted by Crippen LogP contribution is -2.28. The van der Waals surface area contributed by atoms with E-state index in [4.69, 9.17) is 0 Å². The molecule has 0 fully saturated rings. The Morgan fingerprint density at radius 2 is 2.04 bits per heavy atom. The van der Waals surface area contributed by atoms with Gasteiger partial charge in [0, 0.05) is 17.8 Å². The average Bonchev–Trinajstić information content (AvgIpc) is 2.65. The lowest BCUT2D eigenvalue weighted by atomic mass is 9.98. The van der Waals surface area contributed by atoms with Crippen LogP contribution >= 0.6 is 0 Å². The third-order valence-electron chi connectivity index (χ3n) is 4.53. The Labute approximate surface area is 161 Å². The normalized spacial score (nSPS) is 11.0. The SMILES string of the molecule is Cc1cccc(C(C)C)c1NC(=O)Cn1cnc2cc([N+](=O)[O-])ccc2c1=O. The van der Waals surface area contributed by atoms with Crippen molar-refractivity contribution < 1.29 is 9.72 Å². The molecule has 0 aliphatic carbocycles. The van der Waals surface area contributed by atoms with Crippen molar-refractivity contribution in [1.29, 1.82) is 0 Å². The van der Waals surface area contributed by atoms with Gasteiger partial charge in [-0.05, 0) is 30.0 Å². The summed E-state index contributed by atoms with van der Waals surface area (Å²) in [5.41, 5.74) is 2.36. The molecule has 3 rings (SSSR count). The fourth-order valence-corrected chi connectivity index (χ4v) is 3.05. The molecule has 1 aromatic heterocycles. The van der Waals surface area contributed by atoms with Gasteiger partial charge in [-0.25, -0.2) is 4.98 Å². The molecule has 0 aliphatic heterocycles. The summed E-state index contributed by atoms with van der Waals surface area (Å²) in [6.07, 6.45) is 1.23. The van der Waals surface area contributed by atoms with E-state index in [0.29, 0.717) is 0 Å². The monoisotopic (exact) mass is 380 g/mol. The molecule has 1 N–H and O–H groups in total. The molecular weight excluding hydrogens is 360 g/mol. The summed E-state index contributed by atoms with van der Waals surface area (Å²) in [5, 5.41) is 14.0. The zero-order valence-corrected chi connectivity index (χ0v) is 15.8. The Balaban J connectivity index is 1.88. The number of para-hydroxylation sites is 1. The second-order valence-electron chi connectivity index (χ2n) is 6.88. The molecule has 3 aromatic rings. The molecule has 1 amide bonds. The first-order valence-corrected chi connectivity index (χ1v) is 8.81. The molecule has 0 radical (unpaired) electrons. The number of aryl methyl sites for hydroxylation is 1. The molecule has 0 atom stereocenters. The molecule has 0 bridgehead atoms. The Hall–Kier alpha value is -3.55. The number of amides is 1. The number of hydrogen-bond donors (Lipinski definition) is 1. The highest BCUT2D eigenvalue weighted by molar-refractivity contribution is 5.92. The van der Waals surface area contributed by atoms with Crippen molar-refractivity contribution in [2.75, 3.05) is 5.32 Å². The van der Waals surface area contributed by atoms with Crippen molar-refractivity contribution >= 4 is 28.2 Å². The van der Waals surface area contributed by atoms with E-state index < -0.39 is 10.5 Å². The third kappa shape index (κ3) is 3.75. The number of carbonyl (C=O) groups is 1. The standard InChI is InChI=1S/C20H20N4O4/c1-12(2)15-6-4-5-13(3)19(15)22-18(25)10-23-11-21-17-9-14(24(27)28)7-8-16(17)20(23)26/h4-9,11-12H,10H2,1-3H3,(H,22,25). The van der Waals surface area contributed by atoms with Gasteiger partial charge < -0.3 is 5.32 Å². The fraction of sp³-hybridized carbons (Fsp3) is 0.250. The van der Waals surface area contributed by atoms with Crippen LogP contribution in [0.5, 0.6) is 0 Å². The molecule has 8 heteroatoms. The highest BCUT2D eigenvalue weighted by atomic mass is 16.6. The molecule has 0 unspecified atom stereocenters. The van der Waals surface area contributed by atoms with E-state index in [1.54, 1.807) is 0 Å². The van der Waals surface area contributed by atoms with Crippen molar-refractivity contribution in [2.24, 2.45) is 0 Å². The van der Waals surface area contributed by atoms with E-state index in [1.165, 1.54) is 29.1 Å². The number of rotatable bonds is 5. The summed E-state index contributed by atoms with van der Waals surface area (Å²) < 4.78 is 1.19. The van der Waals surface area contributed by atoms with E-state index in [9.17, 15) is 19.7 Å². The largest absolute Gasteiger partial charge is 0.324 e. The smallest absolute Gasteiger partial charge is 0.271 e. The number of nitrogens with one attached hydrogen (secondary N) is 1. The van der Waals surface area contributed by atoms with Crippen molar-refractivity contribution in [3.8, 4) is 0 Å². The number of fused-ring (bicyclic) bond motifs is 1. The second kappa shape index (κ2) is 7.59. The van der Waals surface area contributed by atoms with Crippen molar-refractivity contribution in [2.45, 2.75) is 33.2 Å². The Bertz CT molecular complexity index is 1130. The summed E-state index contributed by atoms with van der Waals surface area (Å²) in [6, 6.07) is 9.66. The number of carbonyl (C=O) groups excluding carboxylic acids is 1. The average molecular weight is 380 g/mol. The molecule has 144 valence electrons. The van der Waals surface area contributed by atoms with Gasteiger partial charge in [-0.1, -0.05) is 32.0 Å². The minimum Gasteiger partial charge on any atom is -0.324 e. The molecule has 0 aliphatic rings. The van der Waals surface area contributed by atoms with Crippen LogP contribution in [-0.2, 0) is 11.3 Å². The van der Waals surface area contributed by atoms with Crippen molar-refractivity contribution in [1.82, 2.24) is 9.55 Å². The molecule has 8 nitrogen and oxygen atoms in total. The summed E-state index contributed by atoms with van der Waals surface area (Å²) >= 11 is 0. The number of nitro groups is 1.